The minimum Gasteiger partial charge on any atom is -0.325 e. The molecule has 22 heavy (non-hydrogen) atoms. The van der Waals surface area contributed by atoms with Gasteiger partial charge in [-0.25, -0.2) is 8.42 Å². The van der Waals surface area contributed by atoms with Gasteiger partial charge in [-0.05, 0) is 31.0 Å². The number of nitrogens with one attached hydrogen (secondary N) is 1. The minimum atomic E-state index is -2.93. The molecule has 5 nitrogen and oxygen atoms in total. The van der Waals surface area contributed by atoms with E-state index >= 15 is 0 Å². The topological polar surface area (TPSA) is 66.5 Å². The normalized spacial score (nSPS) is 20.2. The van der Waals surface area contributed by atoms with Crippen LogP contribution in [-0.4, -0.2) is 49.9 Å². The first-order valence-corrected chi connectivity index (χ1v) is 9.59. The molecule has 1 atom stereocenters. The second-order valence-electron chi connectivity index (χ2n) is 5.68. The van der Waals surface area contributed by atoms with Crippen LogP contribution in [0.3, 0.4) is 0 Å². The van der Waals surface area contributed by atoms with Gasteiger partial charge >= 0.3 is 0 Å². The van der Waals surface area contributed by atoms with Crippen molar-refractivity contribution < 1.29 is 13.2 Å². The number of hydrogen-bond donors (Lipinski definition) is 1. The van der Waals surface area contributed by atoms with Gasteiger partial charge in [0.25, 0.3) is 0 Å². The van der Waals surface area contributed by atoms with Crippen LogP contribution >= 0.6 is 0 Å². The molecule has 1 aliphatic rings. The van der Waals surface area contributed by atoms with E-state index in [4.69, 9.17) is 0 Å². The van der Waals surface area contributed by atoms with E-state index in [2.05, 4.69) is 5.32 Å². The maximum absolute atomic E-state index is 12.3. The lowest BCUT2D eigenvalue weighted by Gasteiger charge is -2.25. The van der Waals surface area contributed by atoms with Crippen LogP contribution in [0.25, 0.3) is 0 Å². The van der Waals surface area contributed by atoms with Gasteiger partial charge in [0.15, 0.2) is 9.84 Å². The van der Waals surface area contributed by atoms with Crippen molar-refractivity contribution in [1.29, 1.82) is 0 Å². The van der Waals surface area contributed by atoms with E-state index in [-0.39, 0.29) is 30.0 Å². The smallest absolute Gasteiger partial charge is 0.238 e. The van der Waals surface area contributed by atoms with E-state index in [1.807, 2.05) is 43.0 Å². The van der Waals surface area contributed by atoms with Gasteiger partial charge in [-0.1, -0.05) is 32.0 Å². The van der Waals surface area contributed by atoms with Gasteiger partial charge in [-0.15, -0.1) is 0 Å². The molecule has 6 heteroatoms. The molecule has 2 rings (SSSR count). The minimum absolute atomic E-state index is 0.0397. The molecule has 1 N–H and O–H groups in total. The van der Waals surface area contributed by atoms with Crippen LogP contribution in [0.15, 0.2) is 24.3 Å². The summed E-state index contributed by atoms with van der Waals surface area (Å²) in [5.41, 5.74) is 1.94. The van der Waals surface area contributed by atoms with E-state index in [1.165, 1.54) is 0 Å². The lowest BCUT2D eigenvalue weighted by molar-refractivity contribution is -0.117. The third kappa shape index (κ3) is 4.30. The zero-order chi connectivity index (χ0) is 16.2. The van der Waals surface area contributed by atoms with E-state index in [9.17, 15) is 13.2 Å². The van der Waals surface area contributed by atoms with Crippen LogP contribution in [0.5, 0.6) is 0 Å². The van der Waals surface area contributed by atoms with E-state index in [0.717, 1.165) is 17.7 Å². The molecule has 122 valence electrons. The lowest BCUT2D eigenvalue weighted by atomic mass is 10.1. The Morgan fingerprint density at radius 1 is 1.32 bits per heavy atom. The quantitative estimate of drug-likeness (QED) is 0.865. The fourth-order valence-corrected chi connectivity index (χ4v) is 4.65. The van der Waals surface area contributed by atoms with Crippen LogP contribution < -0.4 is 5.32 Å². The summed E-state index contributed by atoms with van der Waals surface area (Å²) in [6.07, 6.45) is 1.48. The van der Waals surface area contributed by atoms with Crippen molar-refractivity contribution in [2.24, 2.45) is 0 Å². The lowest BCUT2D eigenvalue weighted by Crippen LogP contribution is -2.41. The monoisotopic (exact) mass is 324 g/mol. The number of likely N-dealkylation sites (N-methyl/N-ethyl adjacent to an activating group) is 1. The fraction of sp³-hybridized carbons (Fsp3) is 0.562. The number of anilines is 1. The van der Waals surface area contributed by atoms with Crippen molar-refractivity contribution in [1.82, 2.24) is 4.90 Å². The molecule has 0 aliphatic carbocycles. The van der Waals surface area contributed by atoms with Crippen molar-refractivity contribution in [2.75, 3.05) is 29.9 Å². The molecule has 0 spiro atoms. The van der Waals surface area contributed by atoms with Gasteiger partial charge in [-0.3, -0.25) is 9.69 Å². The summed E-state index contributed by atoms with van der Waals surface area (Å²) in [6.45, 7) is 4.91. The van der Waals surface area contributed by atoms with Crippen molar-refractivity contribution >= 4 is 21.4 Å². The molecule has 0 aromatic heterocycles. The van der Waals surface area contributed by atoms with E-state index in [0.29, 0.717) is 13.0 Å². The average molecular weight is 324 g/mol. The number of carbonyl (C=O) groups is 1. The molecule has 0 bridgehead atoms. The van der Waals surface area contributed by atoms with Crippen LogP contribution in [0.2, 0.25) is 0 Å². The number of amides is 1. The molecule has 1 heterocycles. The second kappa shape index (κ2) is 7.24. The van der Waals surface area contributed by atoms with Gasteiger partial charge < -0.3 is 5.32 Å². The third-order valence-electron chi connectivity index (χ3n) is 4.15. The van der Waals surface area contributed by atoms with Gasteiger partial charge in [0.05, 0.1) is 18.1 Å². The highest BCUT2D eigenvalue weighted by Gasteiger charge is 2.32. The van der Waals surface area contributed by atoms with E-state index < -0.39 is 9.84 Å². The Balaban J connectivity index is 1.98. The maximum atomic E-state index is 12.3. The molecule has 1 fully saturated rings. The Labute approximate surface area is 132 Å². The van der Waals surface area contributed by atoms with E-state index in [1.54, 1.807) is 0 Å². The van der Waals surface area contributed by atoms with Gasteiger partial charge in [0, 0.05) is 11.7 Å². The molecular formula is C16H24N2O3S. The summed E-state index contributed by atoms with van der Waals surface area (Å²) < 4.78 is 23.2. The predicted octanol–water partition coefficient (Wildman–Crippen LogP) is 1.70. The Bertz CT molecular complexity index is 628. The number of sulfone groups is 1. The van der Waals surface area contributed by atoms with Gasteiger partial charge in [0.1, 0.15) is 0 Å². The first-order chi connectivity index (χ1) is 10.4. The van der Waals surface area contributed by atoms with Crippen molar-refractivity contribution in [3.63, 3.8) is 0 Å². The van der Waals surface area contributed by atoms with Crippen LogP contribution in [0, 0.1) is 0 Å². The Kier molecular flexibility index (Phi) is 5.58. The Morgan fingerprint density at radius 3 is 2.64 bits per heavy atom. The number of rotatable bonds is 6. The molecule has 1 aliphatic heterocycles. The number of para-hydroxylation sites is 1. The summed E-state index contributed by atoms with van der Waals surface area (Å²) in [5.74, 6) is 0.306. The standard InChI is InChI=1S/C16H24N2O3S/c1-3-13-7-5-6-8-15(13)17-16(19)11-18(4-2)14-9-10-22(20,21)12-14/h5-8,14H,3-4,9-12H2,1-2H3,(H,17,19). The second-order valence-corrected chi connectivity index (χ2v) is 7.91. The van der Waals surface area contributed by atoms with Gasteiger partial charge in [0.2, 0.25) is 5.91 Å². The largest absolute Gasteiger partial charge is 0.325 e. The molecule has 1 saturated heterocycles. The van der Waals surface area contributed by atoms with Crippen LogP contribution in [0.1, 0.15) is 25.8 Å². The zero-order valence-corrected chi connectivity index (χ0v) is 14.0. The van der Waals surface area contributed by atoms with Crippen molar-refractivity contribution in [3.8, 4) is 0 Å². The number of carbonyl (C=O) groups excluding carboxylic acids is 1. The molecule has 1 amide bonds. The Morgan fingerprint density at radius 2 is 2.05 bits per heavy atom. The SMILES string of the molecule is CCc1ccccc1NC(=O)CN(CC)C1CCS(=O)(=O)C1. The first-order valence-electron chi connectivity index (χ1n) is 7.77. The number of benzene rings is 1. The molecular weight excluding hydrogens is 300 g/mol. The number of aryl methyl sites for hydroxylation is 1. The predicted molar refractivity (Wildman–Crippen MR) is 88.8 cm³/mol. The molecule has 0 saturated carbocycles. The average Bonchev–Trinajstić information content (AvgIpc) is 2.85. The molecule has 0 radical (unpaired) electrons. The summed E-state index contributed by atoms with van der Waals surface area (Å²) in [6, 6.07) is 7.71. The molecule has 1 aromatic rings. The highest BCUT2D eigenvalue weighted by atomic mass is 32.2. The highest BCUT2D eigenvalue weighted by Crippen LogP contribution is 2.18. The molecule has 1 aromatic carbocycles. The van der Waals surface area contributed by atoms with Crippen LogP contribution in [0.4, 0.5) is 5.69 Å². The summed E-state index contributed by atoms with van der Waals surface area (Å²) in [7, 11) is -2.93. The van der Waals surface area contributed by atoms with Crippen molar-refractivity contribution in [3.05, 3.63) is 29.8 Å². The van der Waals surface area contributed by atoms with Gasteiger partial charge in [-0.2, -0.15) is 0 Å². The summed E-state index contributed by atoms with van der Waals surface area (Å²) in [5, 5.41) is 2.94. The fourth-order valence-electron chi connectivity index (χ4n) is 2.89. The number of nitrogens with zero attached hydrogens (tertiary/aromatic N) is 1. The zero-order valence-electron chi connectivity index (χ0n) is 13.2. The highest BCUT2D eigenvalue weighted by molar-refractivity contribution is 7.91. The molecule has 1 unspecified atom stereocenters. The first kappa shape index (κ1) is 17.0. The van der Waals surface area contributed by atoms with Crippen molar-refractivity contribution in [2.45, 2.75) is 32.7 Å². The maximum Gasteiger partial charge on any atom is 0.238 e. The summed E-state index contributed by atoms with van der Waals surface area (Å²) in [4.78, 5) is 14.2. The summed E-state index contributed by atoms with van der Waals surface area (Å²) >= 11 is 0. The Hall–Kier alpha value is -1.40. The third-order valence-corrected chi connectivity index (χ3v) is 5.90. The number of hydrogen-bond acceptors (Lipinski definition) is 4. The van der Waals surface area contributed by atoms with Crippen LogP contribution in [-0.2, 0) is 21.1 Å².